The number of ether oxygens (including phenoxy) is 1. The second kappa shape index (κ2) is 10.1. The zero-order valence-corrected chi connectivity index (χ0v) is 19.0. The summed E-state index contributed by atoms with van der Waals surface area (Å²) in [4.78, 5) is 12.4. The SMILES string of the molecule is CCc1ccc(OCc2nnc(S[C@H]3CCCCC3=O)n2[C@@H](C)c2ccccc2)cc1. The molecule has 4 rings (SSSR count). The van der Waals surface area contributed by atoms with E-state index in [4.69, 9.17) is 4.74 Å². The molecule has 5 nitrogen and oxygen atoms in total. The number of rotatable bonds is 8. The van der Waals surface area contributed by atoms with Gasteiger partial charge in [0.1, 0.15) is 18.1 Å². The van der Waals surface area contributed by atoms with Crippen molar-refractivity contribution in [2.75, 3.05) is 0 Å². The second-order valence-corrected chi connectivity index (χ2v) is 9.13. The zero-order valence-electron chi connectivity index (χ0n) is 18.2. The summed E-state index contributed by atoms with van der Waals surface area (Å²) in [6.07, 6.45) is 4.67. The lowest BCUT2D eigenvalue weighted by Crippen LogP contribution is -2.22. The quantitative estimate of drug-likeness (QED) is 0.459. The first-order chi connectivity index (χ1) is 15.2. The first kappa shape index (κ1) is 21.6. The topological polar surface area (TPSA) is 57.0 Å². The molecule has 0 bridgehead atoms. The lowest BCUT2D eigenvalue weighted by atomic mass is 9.99. The molecule has 31 heavy (non-hydrogen) atoms. The van der Waals surface area contributed by atoms with Crippen molar-refractivity contribution >= 4 is 17.5 Å². The van der Waals surface area contributed by atoms with Crippen LogP contribution in [0, 0.1) is 0 Å². The highest BCUT2D eigenvalue weighted by molar-refractivity contribution is 8.00. The van der Waals surface area contributed by atoms with Crippen LogP contribution >= 0.6 is 11.8 Å². The first-order valence-electron chi connectivity index (χ1n) is 11.1. The Hall–Kier alpha value is -2.60. The van der Waals surface area contributed by atoms with Crippen molar-refractivity contribution in [1.82, 2.24) is 14.8 Å². The van der Waals surface area contributed by atoms with Gasteiger partial charge in [-0.05, 0) is 49.4 Å². The standard InChI is InChI=1S/C25H29N3O2S/c1-3-19-13-15-21(16-14-19)30-17-24-26-27-25(31-23-12-8-7-11-22(23)29)28(24)18(2)20-9-5-4-6-10-20/h4-6,9-10,13-16,18,23H,3,7-8,11-12,17H2,1-2H3/t18-,23-/m0/s1. The summed E-state index contributed by atoms with van der Waals surface area (Å²) in [5.41, 5.74) is 2.46. The first-order valence-corrected chi connectivity index (χ1v) is 11.9. The van der Waals surface area contributed by atoms with Crippen LogP contribution in [0.4, 0.5) is 0 Å². The number of carbonyl (C=O) groups is 1. The van der Waals surface area contributed by atoms with Crippen LogP contribution in [0.1, 0.15) is 62.5 Å². The van der Waals surface area contributed by atoms with E-state index in [1.165, 1.54) is 11.1 Å². The van der Waals surface area contributed by atoms with Gasteiger partial charge in [0.05, 0.1) is 11.3 Å². The summed E-state index contributed by atoms with van der Waals surface area (Å²) >= 11 is 1.55. The molecule has 0 radical (unpaired) electrons. The number of aryl methyl sites for hydroxylation is 1. The van der Waals surface area contributed by atoms with E-state index in [2.05, 4.69) is 52.9 Å². The molecular weight excluding hydrogens is 406 g/mol. The molecule has 0 N–H and O–H groups in total. The highest BCUT2D eigenvalue weighted by atomic mass is 32.2. The molecule has 3 aromatic rings. The number of carbonyl (C=O) groups excluding carboxylic acids is 1. The average Bonchev–Trinajstić information content (AvgIpc) is 3.22. The fourth-order valence-corrected chi connectivity index (χ4v) is 5.18. The normalized spacial score (nSPS) is 17.5. The molecule has 1 heterocycles. The summed E-state index contributed by atoms with van der Waals surface area (Å²) in [5.74, 6) is 1.91. The van der Waals surface area contributed by atoms with Crippen molar-refractivity contribution in [3.63, 3.8) is 0 Å². The maximum atomic E-state index is 12.4. The van der Waals surface area contributed by atoms with Crippen molar-refractivity contribution in [1.29, 1.82) is 0 Å². The lowest BCUT2D eigenvalue weighted by Gasteiger charge is -2.22. The van der Waals surface area contributed by atoms with E-state index in [1.54, 1.807) is 11.8 Å². The van der Waals surface area contributed by atoms with Crippen LogP contribution in [0.3, 0.4) is 0 Å². The molecular formula is C25H29N3O2S. The van der Waals surface area contributed by atoms with Gasteiger partial charge in [-0.3, -0.25) is 9.36 Å². The molecule has 1 aliphatic rings. The summed E-state index contributed by atoms with van der Waals surface area (Å²) in [5, 5.41) is 9.69. The van der Waals surface area contributed by atoms with E-state index in [0.29, 0.717) is 18.8 Å². The van der Waals surface area contributed by atoms with E-state index in [-0.39, 0.29) is 11.3 Å². The fraction of sp³-hybridized carbons (Fsp3) is 0.400. The molecule has 1 aliphatic carbocycles. The van der Waals surface area contributed by atoms with E-state index in [0.717, 1.165) is 42.4 Å². The molecule has 0 aliphatic heterocycles. The summed E-state index contributed by atoms with van der Waals surface area (Å²) in [6.45, 7) is 4.61. The molecule has 0 spiro atoms. The molecule has 2 atom stereocenters. The summed E-state index contributed by atoms with van der Waals surface area (Å²) in [7, 11) is 0. The van der Waals surface area contributed by atoms with Crippen LogP contribution in [0.15, 0.2) is 59.8 Å². The Morgan fingerprint density at radius 2 is 1.87 bits per heavy atom. The third-order valence-electron chi connectivity index (χ3n) is 5.85. The van der Waals surface area contributed by atoms with Crippen molar-refractivity contribution in [2.45, 2.75) is 69.0 Å². The van der Waals surface area contributed by atoms with Crippen molar-refractivity contribution < 1.29 is 9.53 Å². The fourth-order valence-electron chi connectivity index (χ4n) is 3.93. The average molecular weight is 436 g/mol. The number of thioether (sulfide) groups is 1. The summed E-state index contributed by atoms with van der Waals surface area (Å²) in [6, 6.07) is 18.5. The van der Waals surface area contributed by atoms with Gasteiger partial charge in [-0.25, -0.2) is 0 Å². The minimum atomic E-state index is -0.0324. The Labute approximate surface area is 188 Å². The third kappa shape index (κ3) is 5.18. The van der Waals surface area contributed by atoms with Gasteiger partial charge in [0.2, 0.25) is 0 Å². The van der Waals surface area contributed by atoms with E-state index in [1.807, 2.05) is 30.3 Å². The van der Waals surface area contributed by atoms with E-state index in [9.17, 15) is 4.79 Å². The largest absolute Gasteiger partial charge is 0.486 e. The van der Waals surface area contributed by atoms with Crippen LogP contribution in [-0.2, 0) is 17.8 Å². The Kier molecular flexibility index (Phi) is 7.07. The van der Waals surface area contributed by atoms with Crippen molar-refractivity contribution in [3.8, 4) is 5.75 Å². The number of benzene rings is 2. The third-order valence-corrected chi connectivity index (χ3v) is 7.12. The predicted molar refractivity (Wildman–Crippen MR) is 124 cm³/mol. The van der Waals surface area contributed by atoms with Gasteiger partial charge in [-0.1, -0.05) is 67.6 Å². The smallest absolute Gasteiger partial charge is 0.192 e. The Bertz CT molecular complexity index is 1000. The van der Waals surface area contributed by atoms with Gasteiger partial charge in [0.25, 0.3) is 0 Å². The van der Waals surface area contributed by atoms with Crippen molar-refractivity contribution in [2.24, 2.45) is 0 Å². The number of hydrogen-bond donors (Lipinski definition) is 0. The van der Waals surface area contributed by atoms with E-state index >= 15 is 0 Å². The monoisotopic (exact) mass is 435 g/mol. The van der Waals surface area contributed by atoms with Crippen LogP contribution in [0.2, 0.25) is 0 Å². The molecule has 1 aromatic heterocycles. The number of aromatic nitrogens is 3. The molecule has 6 heteroatoms. The minimum Gasteiger partial charge on any atom is -0.486 e. The van der Waals surface area contributed by atoms with E-state index < -0.39 is 0 Å². The number of nitrogens with zero attached hydrogens (tertiary/aromatic N) is 3. The Balaban J connectivity index is 1.59. The molecule has 0 amide bonds. The minimum absolute atomic E-state index is 0.0324. The van der Waals surface area contributed by atoms with Gasteiger partial charge in [0, 0.05) is 6.42 Å². The van der Waals surface area contributed by atoms with Crippen LogP contribution < -0.4 is 4.74 Å². The van der Waals surface area contributed by atoms with Gasteiger partial charge in [-0.2, -0.15) is 0 Å². The maximum Gasteiger partial charge on any atom is 0.192 e. The van der Waals surface area contributed by atoms with Crippen LogP contribution in [-0.4, -0.2) is 25.8 Å². The van der Waals surface area contributed by atoms with Gasteiger partial charge < -0.3 is 4.74 Å². The molecule has 162 valence electrons. The van der Waals surface area contributed by atoms with Crippen molar-refractivity contribution in [3.05, 3.63) is 71.5 Å². The zero-order chi connectivity index (χ0) is 21.6. The number of ketones is 1. The summed E-state index contributed by atoms with van der Waals surface area (Å²) < 4.78 is 8.17. The Morgan fingerprint density at radius 3 is 2.58 bits per heavy atom. The highest BCUT2D eigenvalue weighted by Crippen LogP contribution is 2.34. The van der Waals surface area contributed by atoms with Crippen LogP contribution in [0.5, 0.6) is 5.75 Å². The molecule has 0 saturated heterocycles. The molecule has 1 fully saturated rings. The lowest BCUT2D eigenvalue weighted by molar-refractivity contribution is -0.119. The molecule has 2 aromatic carbocycles. The van der Waals surface area contributed by atoms with Gasteiger partial charge in [0.15, 0.2) is 11.0 Å². The highest BCUT2D eigenvalue weighted by Gasteiger charge is 2.28. The number of Topliss-reactive ketones (excluding diaryl/α,β-unsaturated/α-hetero) is 1. The molecule has 1 saturated carbocycles. The Morgan fingerprint density at radius 1 is 1.10 bits per heavy atom. The van der Waals surface area contributed by atoms with Gasteiger partial charge >= 0.3 is 0 Å². The predicted octanol–water partition coefficient (Wildman–Crippen LogP) is 5.63. The van der Waals surface area contributed by atoms with Crippen LogP contribution in [0.25, 0.3) is 0 Å². The maximum absolute atomic E-state index is 12.4. The van der Waals surface area contributed by atoms with Gasteiger partial charge in [-0.15, -0.1) is 10.2 Å². The molecule has 0 unspecified atom stereocenters. The second-order valence-electron chi connectivity index (χ2n) is 7.96. The number of hydrogen-bond acceptors (Lipinski definition) is 5.